The predicted molar refractivity (Wildman–Crippen MR) is 54.0 cm³/mol. The number of rotatable bonds is 2. The lowest BCUT2D eigenvalue weighted by atomic mass is 10.3. The first-order valence-corrected chi connectivity index (χ1v) is 5.07. The third-order valence-electron chi connectivity index (χ3n) is 2.48. The maximum absolute atomic E-state index is 11.1. The molecular weight excluding hydrogens is 180 g/mol. The van der Waals surface area contributed by atoms with E-state index in [1.165, 1.54) is 0 Å². The third-order valence-corrected chi connectivity index (χ3v) is 2.48. The molecule has 0 spiro atoms. The van der Waals surface area contributed by atoms with Crippen molar-refractivity contribution in [2.75, 3.05) is 32.7 Å². The van der Waals surface area contributed by atoms with Crippen LogP contribution in [0.5, 0.6) is 0 Å². The van der Waals surface area contributed by atoms with Gasteiger partial charge >= 0.3 is 0 Å². The lowest BCUT2D eigenvalue weighted by Gasteiger charge is -2.19. The standard InChI is InChI=1S/C10H18N2O2/c1-9(13)8-11-4-3-5-12(7-6-11)10(2)14/h3-8H2,1-2H3. The van der Waals surface area contributed by atoms with Crippen LogP contribution in [0.25, 0.3) is 0 Å². The van der Waals surface area contributed by atoms with Crippen molar-refractivity contribution in [2.24, 2.45) is 0 Å². The average Bonchev–Trinajstić information content (AvgIpc) is 2.28. The molecule has 1 saturated heterocycles. The third kappa shape index (κ3) is 3.46. The number of ketones is 1. The van der Waals surface area contributed by atoms with Crippen molar-refractivity contribution < 1.29 is 9.59 Å². The molecule has 1 aliphatic heterocycles. The zero-order chi connectivity index (χ0) is 10.6. The lowest BCUT2D eigenvalue weighted by Crippen LogP contribution is -2.35. The maximum atomic E-state index is 11.1. The summed E-state index contributed by atoms with van der Waals surface area (Å²) < 4.78 is 0. The van der Waals surface area contributed by atoms with Crippen LogP contribution in [0.1, 0.15) is 20.3 Å². The quantitative estimate of drug-likeness (QED) is 0.633. The fourth-order valence-electron chi connectivity index (χ4n) is 1.76. The van der Waals surface area contributed by atoms with Crippen LogP contribution in [0.2, 0.25) is 0 Å². The van der Waals surface area contributed by atoms with Crippen molar-refractivity contribution >= 4 is 11.7 Å². The normalized spacial score (nSPS) is 19.1. The van der Waals surface area contributed by atoms with E-state index < -0.39 is 0 Å². The Bertz CT molecular complexity index is 228. The molecule has 1 heterocycles. The van der Waals surface area contributed by atoms with Crippen molar-refractivity contribution in [3.8, 4) is 0 Å². The summed E-state index contributed by atoms with van der Waals surface area (Å²) in [6.45, 7) is 7.04. The minimum absolute atomic E-state index is 0.134. The fraction of sp³-hybridized carbons (Fsp3) is 0.800. The van der Waals surface area contributed by atoms with E-state index >= 15 is 0 Å². The summed E-state index contributed by atoms with van der Waals surface area (Å²) in [4.78, 5) is 26.0. The maximum Gasteiger partial charge on any atom is 0.219 e. The van der Waals surface area contributed by atoms with Gasteiger partial charge in [0.25, 0.3) is 0 Å². The van der Waals surface area contributed by atoms with Gasteiger partial charge in [-0.15, -0.1) is 0 Å². The Morgan fingerprint density at radius 3 is 2.36 bits per heavy atom. The molecule has 0 aromatic rings. The number of amides is 1. The first-order valence-electron chi connectivity index (χ1n) is 5.07. The smallest absolute Gasteiger partial charge is 0.219 e. The molecule has 0 unspecified atom stereocenters. The topological polar surface area (TPSA) is 40.6 Å². The van der Waals surface area contributed by atoms with Crippen LogP contribution < -0.4 is 0 Å². The van der Waals surface area contributed by atoms with Gasteiger partial charge < -0.3 is 4.90 Å². The molecule has 1 rings (SSSR count). The van der Waals surface area contributed by atoms with Gasteiger partial charge in [-0.25, -0.2) is 0 Å². The van der Waals surface area contributed by atoms with E-state index in [0.29, 0.717) is 6.54 Å². The Kier molecular flexibility index (Phi) is 4.07. The largest absolute Gasteiger partial charge is 0.342 e. The van der Waals surface area contributed by atoms with Crippen LogP contribution in [-0.4, -0.2) is 54.2 Å². The zero-order valence-electron chi connectivity index (χ0n) is 8.95. The summed E-state index contributed by atoms with van der Waals surface area (Å²) in [6.07, 6.45) is 0.965. The Morgan fingerprint density at radius 1 is 1.07 bits per heavy atom. The molecule has 0 atom stereocenters. The Labute approximate surface area is 84.9 Å². The summed E-state index contributed by atoms with van der Waals surface area (Å²) in [5, 5.41) is 0. The van der Waals surface area contributed by atoms with Crippen molar-refractivity contribution in [3.05, 3.63) is 0 Å². The number of carbonyl (C=O) groups is 2. The molecule has 0 saturated carbocycles. The van der Waals surface area contributed by atoms with Gasteiger partial charge in [0, 0.05) is 33.1 Å². The fourth-order valence-corrected chi connectivity index (χ4v) is 1.76. The van der Waals surface area contributed by atoms with E-state index in [2.05, 4.69) is 4.90 Å². The highest BCUT2D eigenvalue weighted by Crippen LogP contribution is 2.02. The van der Waals surface area contributed by atoms with Gasteiger partial charge in [-0.05, 0) is 13.3 Å². The van der Waals surface area contributed by atoms with Gasteiger partial charge in [-0.2, -0.15) is 0 Å². The Hall–Kier alpha value is -0.900. The van der Waals surface area contributed by atoms with Gasteiger partial charge in [-0.3, -0.25) is 14.5 Å². The van der Waals surface area contributed by atoms with E-state index in [1.807, 2.05) is 4.90 Å². The van der Waals surface area contributed by atoms with E-state index in [4.69, 9.17) is 0 Å². The SMILES string of the molecule is CC(=O)CN1CCCN(C(C)=O)CC1. The number of carbonyl (C=O) groups excluding carboxylic acids is 2. The predicted octanol–water partition coefficient (Wildman–Crippen LogP) is 0.130. The van der Waals surface area contributed by atoms with Crippen LogP contribution in [0, 0.1) is 0 Å². The van der Waals surface area contributed by atoms with Crippen LogP contribution in [0.4, 0.5) is 0 Å². The van der Waals surface area contributed by atoms with Gasteiger partial charge in [-0.1, -0.05) is 0 Å². The van der Waals surface area contributed by atoms with Crippen molar-refractivity contribution in [1.82, 2.24) is 9.80 Å². The molecule has 80 valence electrons. The molecule has 0 aliphatic carbocycles. The highest BCUT2D eigenvalue weighted by Gasteiger charge is 2.16. The van der Waals surface area contributed by atoms with Crippen LogP contribution >= 0.6 is 0 Å². The van der Waals surface area contributed by atoms with E-state index in [-0.39, 0.29) is 11.7 Å². The monoisotopic (exact) mass is 198 g/mol. The van der Waals surface area contributed by atoms with Crippen molar-refractivity contribution in [1.29, 1.82) is 0 Å². The molecule has 0 aromatic heterocycles. The molecule has 1 amide bonds. The average molecular weight is 198 g/mol. The Balaban J connectivity index is 2.40. The molecule has 4 heteroatoms. The second kappa shape index (κ2) is 5.10. The molecule has 1 fully saturated rings. The molecule has 0 N–H and O–H groups in total. The Morgan fingerprint density at radius 2 is 1.79 bits per heavy atom. The van der Waals surface area contributed by atoms with Gasteiger partial charge in [0.1, 0.15) is 5.78 Å². The first-order chi connectivity index (χ1) is 6.59. The van der Waals surface area contributed by atoms with Crippen LogP contribution in [-0.2, 0) is 9.59 Å². The number of Topliss-reactive ketones (excluding diaryl/α,β-unsaturated/α-hetero) is 1. The summed E-state index contributed by atoms with van der Waals surface area (Å²) >= 11 is 0. The van der Waals surface area contributed by atoms with Crippen molar-refractivity contribution in [3.63, 3.8) is 0 Å². The summed E-state index contributed by atoms with van der Waals surface area (Å²) in [5.74, 6) is 0.330. The van der Waals surface area contributed by atoms with Gasteiger partial charge in [0.05, 0.1) is 6.54 Å². The molecule has 0 bridgehead atoms. The van der Waals surface area contributed by atoms with Crippen molar-refractivity contribution in [2.45, 2.75) is 20.3 Å². The molecule has 14 heavy (non-hydrogen) atoms. The molecule has 4 nitrogen and oxygen atoms in total. The number of hydrogen-bond donors (Lipinski definition) is 0. The number of nitrogens with zero attached hydrogens (tertiary/aromatic N) is 2. The summed E-state index contributed by atoms with van der Waals surface area (Å²) in [7, 11) is 0. The van der Waals surface area contributed by atoms with E-state index in [1.54, 1.807) is 13.8 Å². The second-order valence-electron chi connectivity index (χ2n) is 3.84. The second-order valence-corrected chi connectivity index (χ2v) is 3.84. The highest BCUT2D eigenvalue weighted by molar-refractivity contribution is 5.77. The van der Waals surface area contributed by atoms with Gasteiger partial charge in [0.15, 0.2) is 0 Å². The first kappa shape index (κ1) is 11.2. The molecule has 1 aliphatic rings. The zero-order valence-corrected chi connectivity index (χ0v) is 8.95. The van der Waals surface area contributed by atoms with E-state index in [9.17, 15) is 9.59 Å². The van der Waals surface area contributed by atoms with Gasteiger partial charge in [0.2, 0.25) is 5.91 Å². The van der Waals surface area contributed by atoms with Crippen LogP contribution in [0.3, 0.4) is 0 Å². The summed E-state index contributed by atoms with van der Waals surface area (Å²) in [5.41, 5.74) is 0. The summed E-state index contributed by atoms with van der Waals surface area (Å²) in [6, 6.07) is 0. The molecular formula is C10H18N2O2. The van der Waals surface area contributed by atoms with E-state index in [0.717, 1.165) is 32.6 Å². The molecule has 0 radical (unpaired) electrons. The highest BCUT2D eigenvalue weighted by atomic mass is 16.2. The van der Waals surface area contributed by atoms with Crippen LogP contribution in [0.15, 0.2) is 0 Å². The number of hydrogen-bond acceptors (Lipinski definition) is 3. The minimum atomic E-state index is 0.134. The molecule has 0 aromatic carbocycles. The minimum Gasteiger partial charge on any atom is -0.342 e. The lowest BCUT2D eigenvalue weighted by molar-refractivity contribution is -0.128.